The Kier molecular flexibility index (Phi) is 7.97. The van der Waals surface area contributed by atoms with E-state index in [0.717, 1.165) is 55.5 Å². The van der Waals surface area contributed by atoms with Crippen LogP contribution in [0, 0.1) is 5.82 Å². The molecule has 186 valence electrons. The summed E-state index contributed by atoms with van der Waals surface area (Å²) in [6.45, 7) is 1.74. The first-order valence-electron chi connectivity index (χ1n) is 12.0. The predicted octanol–water partition coefficient (Wildman–Crippen LogP) is 4.49. The van der Waals surface area contributed by atoms with Gasteiger partial charge in [0.1, 0.15) is 5.82 Å². The number of halogens is 1. The van der Waals surface area contributed by atoms with Crippen LogP contribution >= 0.6 is 0 Å². The highest BCUT2D eigenvalue weighted by molar-refractivity contribution is 7.89. The van der Waals surface area contributed by atoms with Crippen LogP contribution in [0.5, 0.6) is 0 Å². The van der Waals surface area contributed by atoms with Gasteiger partial charge in [0.2, 0.25) is 10.0 Å². The van der Waals surface area contributed by atoms with Gasteiger partial charge in [-0.2, -0.15) is 9.40 Å². The summed E-state index contributed by atoms with van der Waals surface area (Å²) in [7, 11) is -1.71. The molecular formula is C26H31FN4O3S. The van der Waals surface area contributed by atoms with Crippen molar-refractivity contribution in [2.75, 3.05) is 26.7 Å². The Morgan fingerprint density at radius 2 is 1.71 bits per heavy atom. The Balaban J connectivity index is 1.21. The minimum absolute atomic E-state index is 0.118. The van der Waals surface area contributed by atoms with Crippen molar-refractivity contribution in [3.63, 3.8) is 0 Å². The number of nitrogens with one attached hydrogen (secondary N) is 1. The van der Waals surface area contributed by atoms with Crippen LogP contribution in [0.3, 0.4) is 0 Å². The number of nitrogens with zero attached hydrogens (tertiary/aromatic N) is 3. The van der Waals surface area contributed by atoms with E-state index in [2.05, 4.69) is 10.2 Å². The molecule has 0 unspecified atom stereocenters. The van der Waals surface area contributed by atoms with E-state index in [1.165, 1.54) is 28.6 Å². The smallest absolute Gasteiger partial charge is 0.253 e. The van der Waals surface area contributed by atoms with E-state index in [0.29, 0.717) is 25.2 Å². The highest BCUT2D eigenvalue weighted by atomic mass is 32.2. The lowest BCUT2D eigenvalue weighted by molar-refractivity contribution is 0.0792. The maximum atomic E-state index is 13.1. The minimum Gasteiger partial charge on any atom is -0.342 e. The molecule has 0 spiro atoms. The molecule has 1 aliphatic heterocycles. The van der Waals surface area contributed by atoms with E-state index in [9.17, 15) is 17.6 Å². The summed E-state index contributed by atoms with van der Waals surface area (Å²) in [6.07, 6.45) is 5.39. The van der Waals surface area contributed by atoms with Crippen molar-refractivity contribution in [2.24, 2.45) is 0 Å². The fourth-order valence-corrected chi connectivity index (χ4v) is 5.79. The van der Waals surface area contributed by atoms with Crippen molar-refractivity contribution < 1.29 is 17.6 Å². The van der Waals surface area contributed by atoms with Crippen LogP contribution in [0.1, 0.15) is 48.2 Å². The third kappa shape index (κ3) is 6.15. The number of amides is 1. The summed E-state index contributed by atoms with van der Waals surface area (Å²) in [6, 6.07) is 14.5. The molecule has 2 heterocycles. The number of hydrogen-bond donors (Lipinski definition) is 1. The molecule has 2 aromatic carbocycles. The molecule has 9 heteroatoms. The summed E-state index contributed by atoms with van der Waals surface area (Å²) in [5.74, 6) is -0.386. The van der Waals surface area contributed by atoms with Gasteiger partial charge in [-0.15, -0.1) is 0 Å². The number of hydrogen-bond acceptors (Lipinski definition) is 4. The molecule has 1 fully saturated rings. The maximum absolute atomic E-state index is 13.1. The molecule has 1 saturated heterocycles. The molecule has 7 nitrogen and oxygen atoms in total. The standard InChI is InChI=1S/C26H31FN4O3S/c1-30(26(32)21-10-14-24(15-11-21)35(33,34)31-17-5-6-18-31)16-4-2-3-7-23-19-25(29-28-23)20-8-12-22(27)13-9-20/h8-15,19H,2-7,16-18H2,1H3,(H,28,29). The number of rotatable bonds is 10. The predicted molar refractivity (Wildman–Crippen MR) is 133 cm³/mol. The second kappa shape index (κ2) is 11.1. The third-order valence-corrected chi connectivity index (χ3v) is 8.27. The van der Waals surface area contributed by atoms with E-state index < -0.39 is 10.0 Å². The topological polar surface area (TPSA) is 86.4 Å². The first-order chi connectivity index (χ1) is 16.8. The fourth-order valence-electron chi connectivity index (χ4n) is 4.27. The molecule has 1 aliphatic rings. The second-order valence-electron chi connectivity index (χ2n) is 8.96. The van der Waals surface area contributed by atoms with Crippen molar-refractivity contribution >= 4 is 15.9 Å². The van der Waals surface area contributed by atoms with Gasteiger partial charge >= 0.3 is 0 Å². The first-order valence-corrected chi connectivity index (χ1v) is 13.4. The first kappa shape index (κ1) is 25.1. The summed E-state index contributed by atoms with van der Waals surface area (Å²) in [5, 5.41) is 7.34. The van der Waals surface area contributed by atoms with Gasteiger partial charge in [0.05, 0.1) is 10.6 Å². The Morgan fingerprint density at radius 1 is 1.03 bits per heavy atom. The van der Waals surface area contributed by atoms with Crippen molar-refractivity contribution in [2.45, 2.75) is 43.4 Å². The monoisotopic (exact) mass is 498 g/mol. The van der Waals surface area contributed by atoms with Gasteiger partial charge in [0, 0.05) is 43.5 Å². The van der Waals surface area contributed by atoms with Gasteiger partial charge in [-0.25, -0.2) is 12.8 Å². The van der Waals surface area contributed by atoms with Gasteiger partial charge in [-0.3, -0.25) is 9.89 Å². The Hall–Kier alpha value is -3.04. The number of unbranched alkanes of at least 4 members (excludes halogenated alkanes) is 2. The van der Waals surface area contributed by atoms with Crippen LogP contribution in [-0.2, 0) is 16.4 Å². The van der Waals surface area contributed by atoms with Gasteiger partial charge in [0.15, 0.2) is 0 Å². The van der Waals surface area contributed by atoms with Crippen molar-refractivity contribution in [1.29, 1.82) is 0 Å². The van der Waals surface area contributed by atoms with E-state index in [1.54, 1.807) is 36.2 Å². The fraction of sp³-hybridized carbons (Fsp3) is 0.385. The molecule has 1 aromatic heterocycles. The quantitative estimate of drug-likeness (QED) is 0.418. The molecule has 35 heavy (non-hydrogen) atoms. The molecule has 0 radical (unpaired) electrons. The Bertz CT molecular complexity index is 1230. The molecule has 0 atom stereocenters. The highest BCUT2D eigenvalue weighted by Gasteiger charge is 2.27. The normalized spacial score (nSPS) is 14.3. The van der Waals surface area contributed by atoms with Crippen LogP contribution in [0.15, 0.2) is 59.5 Å². The second-order valence-corrected chi connectivity index (χ2v) is 10.9. The lowest BCUT2D eigenvalue weighted by Gasteiger charge is -2.18. The Labute approximate surface area is 206 Å². The maximum Gasteiger partial charge on any atom is 0.253 e. The van der Waals surface area contributed by atoms with Crippen LogP contribution in [0.4, 0.5) is 4.39 Å². The van der Waals surface area contributed by atoms with Crippen LogP contribution in [-0.4, -0.2) is 60.4 Å². The largest absolute Gasteiger partial charge is 0.342 e. The van der Waals surface area contributed by atoms with Crippen LogP contribution in [0.2, 0.25) is 0 Å². The molecule has 0 saturated carbocycles. The molecular weight excluding hydrogens is 467 g/mol. The number of sulfonamides is 1. The number of carbonyl (C=O) groups excluding carboxylic acids is 1. The zero-order chi connectivity index (χ0) is 24.8. The van der Waals surface area contributed by atoms with Gasteiger partial charge < -0.3 is 4.90 Å². The molecule has 0 bridgehead atoms. The van der Waals surface area contributed by atoms with Crippen molar-refractivity contribution in [1.82, 2.24) is 19.4 Å². The SMILES string of the molecule is CN(CCCCCc1cc(-c2ccc(F)cc2)n[nH]1)C(=O)c1ccc(S(=O)(=O)N2CCCC2)cc1. The average Bonchev–Trinajstić information content (AvgIpc) is 3.57. The number of benzene rings is 2. The molecule has 1 N–H and O–H groups in total. The Morgan fingerprint density at radius 3 is 2.40 bits per heavy atom. The molecule has 0 aliphatic carbocycles. The highest BCUT2D eigenvalue weighted by Crippen LogP contribution is 2.22. The van der Waals surface area contributed by atoms with Crippen LogP contribution in [0.25, 0.3) is 11.3 Å². The number of H-pyrrole nitrogens is 1. The summed E-state index contributed by atoms with van der Waals surface area (Å²) in [4.78, 5) is 14.6. The zero-order valence-electron chi connectivity index (χ0n) is 19.9. The van der Waals surface area contributed by atoms with Gasteiger partial charge in [-0.05, 0) is 86.7 Å². The van der Waals surface area contributed by atoms with Gasteiger partial charge in [0.25, 0.3) is 5.91 Å². The van der Waals surface area contributed by atoms with Crippen LogP contribution < -0.4 is 0 Å². The van der Waals surface area contributed by atoms with E-state index >= 15 is 0 Å². The minimum atomic E-state index is -3.47. The number of carbonyl (C=O) groups is 1. The lowest BCUT2D eigenvalue weighted by atomic mass is 10.1. The molecule has 3 aromatic rings. The summed E-state index contributed by atoms with van der Waals surface area (Å²) < 4.78 is 39.9. The van der Waals surface area contributed by atoms with Crippen molar-refractivity contribution in [3.8, 4) is 11.3 Å². The summed E-state index contributed by atoms with van der Waals surface area (Å²) >= 11 is 0. The number of aromatic nitrogens is 2. The van der Waals surface area contributed by atoms with E-state index in [-0.39, 0.29) is 16.6 Å². The zero-order valence-corrected chi connectivity index (χ0v) is 20.7. The van der Waals surface area contributed by atoms with E-state index in [1.807, 2.05) is 6.07 Å². The average molecular weight is 499 g/mol. The summed E-state index contributed by atoms with van der Waals surface area (Å²) in [5.41, 5.74) is 3.18. The lowest BCUT2D eigenvalue weighted by Crippen LogP contribution is -2.29. The molecule has 4 rings (SSSR count). The molecule has 1 amide bonds. The van der Waals surface area contributed by atoms with Crippen molar-refractivity contribution in [3.05, 3.63) is 71.7 Å². The number of aryl methyl sites for hydroxylation is 1. The van der Waals surface area contributed by atoms with E-state index in [4.69, 9.17) is 0 Å². The number of aromatic amines is 1. The third-order valence-electron chi connectivity index (χ3n) is 6.36. The van der Waals surface area contributed by atoms with Gasteiger partial charge in [-0.1, -0.05) is 6.42 Å².